The highest BCUT2D eigenvalue weighted by Gasteiger charge is 2.11. The number of para-hydroxylation sites is 1. The summed E-state index contributed by atoms with van der Waals surface area (Å²) in [5.74, 6) is -0.220. The molecule has 0 saturated carbocycles. The molecule has 1 N–H and O–H groups in total. The lowest BCUT2D eigenvalue weighted by atomic mass is 10.3. The smallest absolute Gasteiger partial charge is 0.273 e. The summed E-state index contributed by atoms with van der Waals surface area (Å²) in [4.78, 5) is 18.1. The number of aryl methyl sites for hydroxylation is 1. The van der Waals surface area contributed by atoms with Crippen molar-refractivity contribution in [1.82, 2.24) is 29.9 Å². The Bertz CT molecular complexity index is 1020. The summed E-state index contributed by atoms with van der Waals surface area (Å²) in [5, 5.41) is 12.4. The Hall–Kier alpha value is -3.48. The fourth-order valence-electron chi connectivity index (χ4n) is 2.80. The van der Waals surface area contributed by atoms with Crippen LogP contribution in [0.2, 0.25) is 0 Å². The summed E-state index contributed by atoms with van der Waals surface area (Å²) < 4.78 is 2.09. The van der Waals surface area contributed by atoms with Crippen molar-refractivity contribution in [1.29, 1.82) is 0 Å². The molecule has 3 heterocycles. The van der Waals surface area contributed by atoms with Gasteiger partial charge in [0, 0.05) is 30.9 Å². The van der Waals surface area contributed by atoms with Crippen LogP contribution in [-0.4, -0.2) is 37.0 Å². The molecule has 0 aliphatic rings. The van der Waals surface area contributed by atoms with E-state index >= 15 is 0 Å². The Balaban J connectivity index is 1.31. The van der Waals surface area contributed by atoms with E-state index in [1.165, 1.54) is 11.0 Å². The maximum Gasteiger partial charge on any atom is 0.273 e. The van der Waals surface area contributed by atoms with Gasteiger partial charge in [0.1, 0.15) is 5.65 Å². The fourth-order valence-corrected chi connectivity index (χ4v) is 2.80. The van der Waals surface area contributed by atoms with Gasteiger partial charge >= 0.3 is 0 Å². The summed E-state index contributed by atoms with van der Waals surface area (Å²) in [7, 11) is 0. The van der Waals surface area contributed by atoms with Gasteiger partial charge in [-0.15, -0.1) is 5.10 Å². The van der Waals surface area contributed by atoms with Gasteiger partial charge in [-0.2, -0.15) is 9.90 Å². The van der Waals surface area contributed by atoms with E-state index in [9.17, 15) is 4.79 Å². The molecule has 0 fully saturated rings. The number of hydrogen-bond donors (Lipinski definition) is 1. The van der Waals surface area contributed by atoms with Gasteiger partial charge in [0.15, 0.2) is 5.69 Å². The number of fused-ring (bicyclic) bond motifs is 1. The molecule has 0 unspecified atom stereocenters. The highest BCUT2D eigenvalue weighted by Crippen LogP contribution is 2.12. The van der Waals surface area contributed by atoms with E-state index in [4.69, 9.17) is 0 Å². The molecular weight excluding hydrogens is 328 g/mol. The van der Waals surface area contributed by atoms with Crippen molar-refractivity contribution in [3.63, 3.8) is 0 Å². The van der Waals surface area contributed by atoms with E-state index in [2.05, 4.69) is 25.1 Å². The van der Waals surface area contributed by atoms with Gasteiger partial charge in [-0.3, -0.25) is 4.79 Å². The number of carbonyl (C=O) groups excluding carboxylic acids is 1. The molecular formula is C19H18N6O. The van der Waals surface area contributed by atoms with Gasteiger partial charge < -0.3 is 9.88 Å². The third-order valence-corrected chi connectivity index (χ3v) is 4.10. The quantitative estimate of drug-likeness (QED) is 0.544. The molecule has 1 aromatic carbocycles. The molecule has 26 heavy (non-hydrogen) atoms. The van der Waals surface area contributed by atoms with Crippen molar-refractivity contribution in [3.8, 4) is 5.69 Å². The van der Waals surface area contributed by atoms with E-state index in [0.717, 1.165) is 29.7 Å². The first-order chi connectivity index (χ1) is 12.8. The fraction of sp³-hybridized carbons (Fsp3) is 0.158. The van der Waals surface area contributed by atoms with Crippen LogP contribution in [0.1, 0.15) is 16.9 Å². The lowest BCUT2D eigenvalue weighted by Gasteiger charge is -2.05. The van der Waals surface area contributed by atoms with Gasteiger partial charge in [0.05, 0.1) is 11.9 Å². The van der Waals surface area contributed by atoms with Crippen molar-refractivity contribution in [2.45, 2.75) is 13.0 Å². The highest BCUT2D eigenvalue weighted by molar-refractivity contribution is 5.91. The first-order valence-electron chi connectivity index (χ1n) is 8.47. The summed E-state index contributed by atoms with van der Waals surface area (Å²) in [6.07, 6.45) is 6.09. The van der Waals surface area contributed by atoms with Gasteiger partial charge in [-0.1, -0.05) is 18.2 Å². The van der Waals surface area contributed by atoms with E-state index in [1.54, 1.807) is 6.20 Å². The van der Waals surface area contributed by atoms with Gasteiger partial charge in [-0.05, 0) is 36.8 Å². The molecule has 0 bridgehead atoms. The molecule has 0 atom stereocenters. The molecule has 0 radical (unpaired) electrons. The van der Waals surface area contributed by atoms with Crippen molar-refractivity contribution >= 4 is 16.9 Å². The maximum atomic E-state index is 12.2. The summed E-state index contributed by atoms with van der Waals surface area (Å²) in [6.45, 7) is 1.35. The van der Waals surface area contributed by atoms with Crippen LogP contribution in [0.15, 0.2) is 67.1 Å². The molecule has 3 aromatic heterocycles. The van der Waals surface area contributed by atoms with Crippen LogP contribution in [-0.2, 0) is 6.54 Å². The van der Waals surface area contributed by atoms with Crippen LogP contribution in [0, 0.1) is 0 Å². The Morgan fingerprint density at radius 2 is 1.96 bits per heavy atom. The second-order valence-corrected chi connectivity index (χ2v) is 5.89. The summed E-state index contributed by atoms with van der Waals surface area (Å²) in [5.41, 5.74) is 2.09. The first kappa shape index (κ1) is 16.0. The predicted molar refractivity (Wildman–Crippen MR) is 98.0 cm³/mol. The summed E-state index contributed by atoms with van der Waals surface area (Å²) in [6, 6.07) is 15.5. The first-order valence-corrected chi connectivity index (χ1v) is 8.47. The van der Waals surface area contributed by atoms with Crippen LogP contribution >= 0.6 is 0 Å². The molecule has 0 saturated heterocycles. The molecule has 0 aliphatic carbocycles. The second kappa shape index (κ2) is 7.18. The minimum Gasteiger partial charge on any atom is -0.351 e. The van der Waals surface area contributed by atoms with Crippen molar-refractivity contribution in [2.75, 3.05) is 6.54 Å². The second-order valence-electron chi connectivity index (χ2n) is 5.89. The molecule has 0 aliphatic heterocycles. The topological polar surface area (TPSA) is 77.6 Å². The van der Waals surface area contributed by atoms with Crippen LogP contribution < -0.4 is 5.32 Å². The zero-order valence-corrected chi connectivity index (χ0v) is 14.1. The predicted octanol–water partition coefficient (Wildman–Crippen LogP) is 2.44. The van der Waals surface area contributed by atoms with Crippen LogP contribution in [0.3, 0.4) is 0 Å². The zero-order chi connectivity index (χ0) is 17.8. The molecule has 130 valence electrons. The number of nitrogens with one attached hydrogen (secondary N) is 1. The van der Waals surface area contributed by atoms with E-state index in [0.29, 0.717) is 12.2 Å². The van der Waals surface area contributed by atoms with Crippen molar-refractivity contribution < 1.29 is 4.79 Å². The molecule has 1 amide bonds. The SMILES string of the molecule is O=C(NCCCn1ccc2cccnc21)c1cnn(-c2ccccc2)n1. The number of carbonyl (C=O) groups is 1. The molecule has 0 spiro atoms. The van der Waals surface area contributed by atoms with E-state index in [-0.39, 0.29) is 5.91 Å². The Labute approximate surface area is 150 Å². The summed E-state index contributed by atoms with van der Waals surface area (Å²) >= 11 is 0. The minimum atomic E-state index is -0.220. The average Bonchev–Trinajstić information content (AvgIpc) is 3.33. The normalized spacial score (nSPS) is 10.9. The maximum absolute atomic E-state index is 12.2. The standard InChI is InChI=1S/C19H18N6O/c26-19(17-14-22-25(23-17)16-7-2-1-3-8-16)21-11-5-12-24-13-9-15-6-4-10-20-18(15)24/h1-4,6-10,13-14H,5,11-12H2,(H,21,26). The Morgan fingerprint density at radius 3 is 2.85 bits per heavy atom. The molecule has 7 nitrogen and oxygen atoms in total. The van der Waals surface area contributed by atoms with Crippen molar-refractivity contribution in [3.05, 3.63) is 72.8 Å². The molecule has 7 heteroatoms. The lowest BCUT2D eigenvalue weighted by Crippen LogP contribution is -2.25. The molecule has 4 rings (SSSR count). The highest BCUT2D eigenvalue weighted by atomic mass is 16.2. The third kappa shape index (κ3) is 3.32. The number of benzene rings is 1. The lowest BCUT2D eigenvalue weighted by molar-refractivity contribution is 0.0947. The van der Waals surface area contributed by atoms with Gasteiger partial charge in [0.2, 0.25) is 0 Å². The number of rotatable bonds is 6. The number of amides is 1. The van der Waals surface area contributed by atoms with Crippen LogP contribution in [0.5, 0.6) is 0 Å². The largest absolute Gasteiger partial charge is 0.351 e. The minimum absolute atomic E-state index is 0.220. The third-order valence-electron chi connectivity index (χ3n) is 4.10. The number of pyridine rings is 1. The number of aromatic nitrogens is 5. The van der Waals surface area contributed by atoms with Crippen LogP contribution in [0.4, 0.5) is 0 Å². The average molecular weight is 346 g/mol. The zero-order valence-electron chi connectivity index (χ0n) is 14.1. The number of nitrogens with zero attached hydrogens (tertiary/aromatic N) is 5. The van der Waals surface area contributed by atoms with E-state index in [1.807, 2.05) is 54.7 Å². The molecule has 4 aromatic rings. The Kier molecular flexibility index (Phi) is 4.42. The van der Waals surface area contributed by atoms with Crippen molar-refractivity contribution in [2.24, 2.45) is 0 Å². The monoisotopic (exact) mass is 346 g/mol. The number of hydrogen-bond acceptors (Lipinski definition) is 4. The Morgan fingerprint density at radius 1 is 1.08 bits per heavy atom. The van der Waals surface area contributed by atoms with Gasteiger partial charge in [-0.25, -0.2) is 4.98 Å². The van der Waals surface area contributed by atoms with Crippen LogP contribution in [0.25, 0.3) is 16.7 Å². The van der Waals surface area contributed by atoms with E-state index < -0.39 is 0 Å². The van der Waals surface area contributed by atoms with Gasteiger partial charge in [0.25, 0.3) is 5.91 Å².